The molecule has 4 nitrogen and oxygen atoms in total. The molecule has 5 heteroatoms. The van der Waals surface area contributed by atoms with E-state index in [2.05, 4.69) is 0 Å². The van der Waals surface area contributed by atoms with Crippen LogP contribution in [0.25, 0.3) is 0 Å². The van der Waals surface area contributed by atoms with E-state index in [4.69, 9.17) is 5.11 Å². The maximum absolute atomic E-state index is 12.7. The fourth-order valence-electron chi connectivity index (χ4n) is 3.74. The molecule has 1 aromatic carbocycles. The zero-order chi connectivity index (χ0) is 14.9. The Morgan fingerprint density at radius 3 is 2.43 bits per heavy atom. The molecule has 0 aromatic heterocycles. The van der Waals surface area contributed by atoms with Gasteiger partial charge < -0.3 is 5.11 Å². The molecule has 1 heterocycles. The molecule has 2 aliphatic rings. The number of aliphatic hydroxyl groups is 1. The van der Waals surface area contributed by atoms with Gasteiger partial charge in [0.05, 0.1) is 12.4 Å². The van der Waals surface area contributed by atoms with Gasteiger partial charge in [0, 0.05) is 12.6 Å². The first-order chi connectivity index (χ1) is 10.1. The van der Waals surface area contributed by atoms with E-state index in [1.165, 1.54) is 12.8 Å². The standard InChI is InChI=1S/C16H23NO3S/c18-11-13-5-7-14(8-6-13)12-21(19,20)17-10-9-15-3-1-2-4-16(15)17/h5-8,15-16,18H,1-4,9-12H2. The highest BCUT2D eigenvalue weighted by atomic mass is 32.2. The molecule has 1 aromatic rings. The summed E-state index contributed by atoms with van der Waals surface area (Å²) in [5, 5.41) is 9.04. The van der Waals surface area contributed by atoms with Crippen LogP contribution in [0, 0.1) is 5.92 Å². The molecule has 0 bridgehead atoms. The van der Waals surface area contributed by atoms with Crippen molar-refractivity contribution in [2.75, 3.05) is 6.54 Å². The number of rotatable bonds is 4. The second kappa shape index (κ2) is 6.07. The molecule has 1 saturated carbocycles. The van der Waals surface area contributed by atoms with Gasteiger partial charge in [-0.05, 0) is 36.3 Å². The maximum atomic E-state index is 12.7. The molecule has 0 amide bonds. The molecule has 1 saturated heterocycles. The molecule has 0 radical (unpaired) electrons. The zero-order valence-corrected chi connectivity index (χ0v) is 13.1. The number of fused-ring (bicyclic) bond motifs is 1. The molecule has 1 aliphatic carbocycles. The highest BCUT2D eigenvalue weighted by Gasteiger charge is 2.41. The SMILES string of the molecule is O=S(=O)(Cc1ccc(CO)cc1)N1CCC2CCCCC21. The summed E-state index contributed by atoms with van der Waals surface area (Å²) in [6, 6.07) is 7.42. The van der Waals surface area contributed by atoms with Crippen LogP contribution in [0.5, 0.6) is 0 Å². The molecule has 1 N–H and O–H groups in total. The second-order valence-electron chi connectivity index (χ2n) is 6.24. The van der Waals surface area contributed by atoms with Gasteiger partial charge in [0.1, 0.15) is 0 Å². The molecule has 1 aliphatic heterocycles. The van der Waals surface area contributed by atoms with Gasteiger partial charge in [-0.25, -0.2) is 8.42 Å². The maximum Gasteiger partial charge on any atom is 0.218 e. The highest BCUT2D eigenvalue weighted by molar-refractivity contribution is 7.88. The van der Waals surface area contributed by atoms with Crippen molar-refractivity contribution in [3.8, 4) is 0 Å². The first-order valence-corrected chi connectivity index (χ1v) is 9.39. The van der Waals surface area contributed by atoms with Crippen LogP contribution >= 0.6 is 0 Å². The van der Waals surface area contributed by atoms with Crippen molar-refractivity contribution in [3.63, 3.8) is 0 Å². The fraction of sp³-hybridized carbons (Fsp3) is 0.625. The van der Waals surface area contributed by atoms with Gasteiger partial charge >= 0.3 is 0 Å². The van der Waals surface area contributed by atoms with E-state index in [-0.39, 0.29) is 18.4 Å². The Balaban J connectivity index is 1.74. The normalized spacial score (nSPS) is 26.7. The second-order valence-corrected chi connectivity index (χ2v) is 8.16. The summed E-state index contributed by atoms with van der Waals surface area (Å²) in [7, 11) is -3.23. The summed E-state index contributed by atoms with van der Waals surface area (Å²) < 4.78 is 27.1. The van der Waals surface area contributed by atoms with Crippen LogP contribution in [-0.2, 0) is 22.4 Å². The number of nitrogens with zero attached hydrogens (tertiary/aromatic N) is 1. The van der Waals surface area contributed by atoms with Crippen LogP contribution in [0.2, 0.25) is 0 Å². The minimum atomic E-state index is -3.23. The molecule has 3 rings (SSSR count). The van der Waals surface area contributed by atoms with E-state index in [0.29, 0.717) is 12.5 Å². The lowest BCUT2D eigenvalue weighted by atomic mass is 9.86. The van der Waals surface area contributed by atoms with E-state index in [9.17, 15) is 8.42 Å². The minimum absolute atomic E-state index is 0.0110. The van der Waals surface area contributed by atoms with E-state index in [0.717, 1.165) is 30.4 Å². The molecule has 21 heavy (non-hydrogen) atoms. The van der Waals surface area contributed by atoms with E-state index >= 15 is 0 Å². The summed E-state index contributed by atoms with van der Waals surface area (Å²) in [6.45, 7) is 0.676. The van der Waals surface area contributed by atoms with Crippen molar-refractivity contribution in [2.24, 2.45) is 5.92 Å². The van der Waals surface area contributed by atoms with Gasteiger partial charge in [0.2, 0.25) is 10.0 Å². The number of benzene rings is 1. The summed E-state index contributed by atoms with van der Waals surface area (Å²) in [5.41, 5.74) is 1.61. The molecule has 116 valence electrons. The first kappa shape index (κ1) is 15.0. The predicted molar refractivity (Wildman–Crippen MR) is 82.1 cm³/mol. The predicted octanol–water partition coefficient (Wildman–Crippen LogP) is 2.27. The summed E-state index contributed by atoms with van der Waals surface area (Å²) >= 11 is 0. The van der Waals surface area contributed by atoms with Crippen molar-refractivity contribution in [3.05, 3.63) is 35.4 Å². The van der Waals surface area contributed by atoms with Crippen LogP contribution in [0.15, 0.2) is 24.3 Å². The molecule has 2 atom stereocenters. The molecule has 2 fully saturated rings. The van der Waals surface area contributed by atoms with Crippen LogP contribution in [0.3, 0.4) is 0 Å². The average molecular weight is 309 g/mol. The Hall–Kier alpha value is -0.910. The van der Waals surface area contributed by atoms with E-state index < -0.39 is 10.0 Å². The zero-order valence-electron chi connectivity index (χ0n) is 12.2. The lowest BCUT2D eigenvalue weighted by Gasteiger charge is -2.31. The fourth-order valence-corrected chi connectivity index (χ4v) is 5.60. The third-order valence-electron chi connectivity index (χ3n) is 4.87. The Labute approximate surface area is 126 Å². The molecular formula is C16H23NO3S. The van der Waals surface area contributed by atoms with E-state index in [1.807, 2.05) is 0 Å². The average Bonchev–Trinajstić information content (AvgIpc) is 2.92. The summed E-state index contributed by atoms with van der Waals surface area (Å²) in [5.74, 6) is 0.646. The van der Waals surface area contributed by atoms with Crippen molar-refractivity contribution >= 4 is 10.0 Å². The van der Waals surface area contributed by atoms with Crippen LogP contribution < -0.4 is 0 Å². The van der Waals surface area contributed by atoms with Crippen molar-refractivity contribution in [1.82, 2.24) is 4.31 Å². The molecule has 2 unspecified atom stereocenters. The first-order valence-electron chi connectivity index (χ1n) is 7.78. The monoisotopic (exact) mass is 309 g/mol. The van der Waals surface area contributed by atoms with Crippen molar-refractivity contribution in [2.45, 2.75) is 50.5 Å². The highest BCUT2D eigenvalue weighted by Crippen LogP contribution is 2.38. The van der Waals surface area contributed by atoms with E-state index in [1.54, 1.807) is 28.6 Å². The topological polar surface area (TPSA) is 57.6 Å². The number of sulfonamides is 1. The Bertz CT molecular complexity index is 582. The van der Waals surface area contributed by atoms with Crippen LogP contribution in [-0.4, -0.2) is 30.4 Å². The lowest BCUT2D eigenvalue weighted by molar-refractivity contribution is 0.260. The Morgan fingerprint density at radius 2 is 1.71 bits per heavy atom. The van der Waals surface area contributed by atoms with Crippen LogP contribution in [0.1, 0.15) is 43.2 Å². The number of aliphatic hydroxyl groups excluding tert-OH is 1. The number of hydrogen-bond acceptors (Lipinski definition) is 3. The molecular weight excluding hydrogens is 286 g/mol. The number of hydrogen-bond donors (Lipinski definition) is 1. The molecule has 0 spiro atoms. The third kappa shape index (κ3) is 3.15. The largest absolute Gasteiger partial charge is 0.392 e. The Kier molecular flexibility index (Phi) is 4.33. The third-order valence-corrected chi connectivity index (χ3v) is 6.74. The lowest BCUT2D eigenvalue weighted by Crippen LogP contribution is -2.39. The smallest absolute Gasteiger partial charge is 0.218 e. The van der Waals surface area contributed by atoms with Gasteiger partial charge in [0.25, 0.3) is 0 Å². The van der Waals surface area contributed by atoms with Crippen LogP contribution in [0.4, 0.5) is 0 Å². The Morgan fingerprint density at radius 1 is 1.05 bits per heavy atom. The van der Waals surface area contributed by atoms with Gasteiger partial charge in [-0.15, -0.1) is 0 Å². The minimum Gasteiger partial charge on any atom is -0.392 e. The summed E-state index contributed by atoms with van der Waals surface area (Å²) in [6.07, 6.45) is 5.62. The van der Waals surface area contributed by atoms with Gasteiger partial charge in [-0.1, -0.05) is 37.1 Å². The van der Waals surface area contributed by atoms with Gasteiger partial charge in [-0.3, -0.25) is 0 Å². The van der Waals surface area contributed by atoms with Crippen molar-refractivity contribution < 1.29 is 13.5 Å². The summed E-state index contributed by atoms with van der Waals surface area (Å²) in [4.78, 5) is 0. The quantitative estimate of drug-likeness (QED) is 0.928. The van der Waals surface area contributed by atoms with Gasteiger partial charge in [0.15, 0.2) is 0 Å². The van der Waals surface area contributed by atoms with Gasteiger partial charge in [-0.2, -0.15) is 4.31 Å². The van der Waals surface area contributed by atoms with Crippen molar-refractivity contribution in [1.29, 1.82) is 0 Å².